The first-order chi connectivity index (χ1) is 13.4. The van der Waals surface area contributed by atoms with Crippen LogP contribution < -0.4 is 0 Å². The molecule has 2 N–H and O–H groups in total. The van der Waals surface area contributed by atoms with Gasteiger partial charge >= 0.3 is 5.97 Å². The van der Waals surface area contributed by atoms with E-state index < -0.39 is 23.3 Å². The van der Waals surface area contributed by atoms with Crippen LogP contribution in [0.2, 0.25) is 0 Å². The Bertz CT molecular complexity index is 884. The summed E-state index contributed by atoms with van der Waals surface area (Å²) in [4.78, 5) is 26.7. The maximum Gasteiger partial charge on any atom is 0.314 e. The second-order valence-electron chi connectivity index (χ2n) is 7.27. The summed E-state index contributed by atoms with van der Waals surface area (Å²) in [7, 11) is 0. The lowest BCUT2D eigenvalue weighted by atomic mass is 9.74. The monoisotopic (exact) mass is 385 g/mol. The van der Waals surface area contributed by atoms with Crippen LogP contribution in [0, 0.1) is 11.2 Å². The highest BCUT2D eigenvalue weighted by molar-refractivity contribution is 6.01. The third-order valence-corrected chi connectivity index (χ3v) is 5.51. The van der Waals surface area contributed by atoms with E-state index in [0.29, 0.717) is 23.1 Å². The Kier molecular flexibility index (Phi) is 5.79. The summed E-state index contributed by atoms with van der Waals surface area (Å²) in [5.74, 6) is -1.88. The van der Waals surface area contributed by atoms with Gasteiger partial charge in [0.1, 0.15) is 11.2 Å². The number of likely N-dealkylation sites (tertiary alicyclic amines) is 1. The number of hydrogen-bond acceptors (Lipinski definition) is 3. The van der Waals surface area contributed by atoms with Crippen LogP contribution in [-0.2, 0) is 4.79 Å². The smallest absolute Gasteiger partial charge is 0.314 e. The molecule has 3 rings (SSSR count). The molecule has 2 atom stereocenters. The molecule has 0 spiro atoms. The van der Waals surface area contributed by atoms with Gasteiger partial charge in [-0.3, -0.25) is 9.59 Å². The summed E-state index contributed by atoms with van der Waals surface area (Å²) in [6, 6.07) is 13.0. The molecule has 2 aromatic rings. The minimum absolute atomic E-state index is 0.0677. The van der Waals surface area contributed by atoms with Crippen LogP contribution in [0.1, 0.15) is 36.5 Å². The van der Waals surface area contributed by atoms with Gasteiger partial charge in [0.2, 0.25) is 0 Å². The fourth-order valence-corrected chi connectivity index (χ4v) is 4.02. The molecule has 1 aliphatic heterocycles. The third-order valence-electron chi connectivity index (χ3n) is 5.51. The number of amides is 1. The normalized spacial score (nSPS) is 22.1. The standard InChI is InChI=1S/C22H24FNO4/c1-2-12-22(21(27)28)14-24(13-11-19(22)25)20(26)17-9-4-3-7-15(17)16-8-5-6-10-18(16)23/h3-10,19,25H,2,11-14H2,1H3,(H,27,28)/t19-,22+/m1/s1. The van der Waals surface area contributed by atoms with Crippen LogP contribution in [0.5, 0.6) is 0 Å². The predicted octanol–water partition coefficient (Wildman–Crippen LogP) is 3.57. The van der Waals surface area contributed by atoms with Crippen LogP contribution in [0.25, 0.3) is 11.1 Å². The van der Waals surface area contributed by atoms with Gasteiger partial charge in [0.05, 0.1) is 6.10 Å². The van der Waals surface area contributed by atoms with E-state index in [2.05, 4.69) is 0 Å². The number of piperidine rings is 1. The number of carbonyl (C=O) groups is 2. The number of aliphatic hydroxyl groups is 1. The van der Waals surface area contributed by atoms with Crippen LogP contribution in [0.4, 0.5) is 4.39 Å². The van der Waals surface area contributed by atoms with E-state index in [1.54, 1.807) is 42.5 Å². The maximum absolute atomic E-state index is 14.3. The SMILES string of the molecule is CCC[C@]1(C(=O)O)CN(C(=O)c2ccccc2-c2ccccc2F)CC[C@H]1O. The predicted molar refractivity (Wildman–Crippen MR) is 103 cm³/mol. The highest BCUT2D eigenvalue weighted by atomic mass is 19.1. The van der Waals surface area contributed by atoms with Gasteiger partial charge in [-0.15, -0.1) is 0 Å². The maximum atomic E-state index is 14.3. The van der Waals surface area contributed by atoms with Crippen molar-refractivity contribution in [2.45, 2.75) is 32.3 Å². The number of carboxylic acid groups (broad SMARTS) is 1. The number of aliphatic hydroxyl groups excluding tert-OH is 1. The van der Waals surface area contributed by atoms with Crippen LogP contribution >= 0.6 is 0 Å². The van der Waals surface area contributed by atoms with Gasteiger partial charge in [-0.05, 0) is 30.5 Å². The molecule has 0 aromatic heterocycles. The molecule has 2 aromatic carbocycles. The first-order valence-corrected chi connectivity index (χ1v) is 9.45. The number of carboxylic acids is 1. The highest BCUT2D eigenvalue weighted by Gasteiger charge is 2.49. The fourth-order valence-electron chi connectivity index (χ4n) is 4.02. The number of hydrogen-bond donors (Lipinski definition) is 2. The summed E-state index contributed by atoms with van der Waals surface area (Å²) in [5.41, 5.74) is -0.273. The second-order valence-corrected chi connectivity index (χ2v) is 7.27. The molecule has 1 amide bonds. The van der Waals surface area contributed by atoms with Crippen LogP contribution in [-0.4, -0.2) is 46.2 Å². The summed E-state index contributed by atoms with van der Waals surface area (Å²) in [5, 5.41) is 20.2. The number of rotatable bonds is 5. The van der Waals surface area contributed by atoms with Crippen LogP contribution in [0.3, 0.4) is 0 Å². The zero-order chi connectivity index (χ0) is 20.3. The molecule has 0 aliphatic carbocycles. The Hall–Kier alpha value is -2.73. The molecule has 0 bridgehead atoms. The average Bonchev–Trinajstić information content (AvgIpc) is 2.69. The minimum atomic E-state index is -1.38. The van der Waals surface area contributed by atoms with Crippen LogP contribution in [0.15, 0.2) is 48.5 Å². The molecule has 1 fully saturated rings. The second kappa shape index (κ2) is 8.10. The lowest BCUT2D eigenvalue weighted by molar-refractivity contribution is -0.162. The van der Waals surface area contributed by atoms with Crippen molar-refractivity contribution in [1.82, 2.24) is 4.90 Å². The molecule has 0 radical (unpaired) electrons. The molecule has 1 heterocycles. The van der Waals surface area contributed by atoms with Crippen molar-refractivity contribution in [3.05, 3.63) is 59.9 Å². The lowest BCUT2D eigenvalue weighted by Gasteiger charge is -2.43. The molecule has 6 heteroatoms. The van der Waals surface area contributed by atoms with Crippen molar-refractivity contribution in [2.24, 2.45) is 5.41 Å². The van der Waals surface area contributed by atoms with Crippen molar-refractivity contribution in [3.8, 4) is 11.1 Å². The molecule has 5 nitrogen and oxygen atoms in total. The van der Waals surface area contributed by atoms with Gasteiger partial charge in [-0.1, -0.05) is 49.7 Å². The van der Waals surface area contributed by atoms with Crippen molar-refractivity contribution in [1.29, 1.82) is 0 Å². The topological polar surface area (TPSA) is 77.8 Å². The molecule has 1 saturated heterocycles. The van der Waals surface area contributed by atoms with Crippen molar-refractivity contribution in [3.63, 3.8) is 0 Å². The van der Waals surface area contributed by atoms with Gasteiger partial charge < -0.3 is 15.1 Å². The summed E-state index contributed by atoms with van der Waals surface area (Å²) >= 11 is 0. The number of halogens is 1. The molecule has 0 saturated carbocycles. The average molecular weight is 385 g/mol. The molecular formula is C22H24FNO4. The minimum Gasteiger partial charge on any atom is -0.481 e. The lowest BCUT2D eigenvalue weighted by Crippen LogP contribution is -2.57. The Balaban J connectivity index is 1.97. The summed E-state index contributed by atoms with van der Waals surface area (Å²) < 4.78 is 14.3. The fraction of sp³-hybridized carbons (Fsp3) is 0.364. The molecule has 0 unspecified atom stereocenters. The van der Waals surface area contributed by atoms with Gasteiger partial charge in [-0.25, -0.2) is 4.39 Å². The summed E-state index contributed by atoms with van der Waals surface area (Å²) in [6.07, 6.45) is 0.0510. The van der Waals surface area contributed by atoms with E-state index in [0.717, 1.165) is 0 Å². The Morgan fingerprint density at radius 1 is 1.14 bits per heavy atom. The van der Waals surface area contributed by atoms with Gasteiger partial charge in [0.15, 0.2) is 0 Å². The number of benzene rings is 2. The molecule has 1 aliphatic rings. The number of nitrogens with zero attached hydrogens (tertiary/aromatic N) is 1. The Morgan fingerprint density at radius 2 is 1.79 bits per heavy atom. The molecular weight excluding hydrogens is 361 g/mol. The Morgan fingerprint density at radius 3 is 2.43 bits per heavy atom. The number of carbonyl (C=O) groups excluding carboxylic acids is 1. The van der Waals surface area contributed by atoms with Crippen molar-refractivity contribution in [2.75, 3.05) is 13.1 Å². The molecule has 28 heavy (non-hydrogen) atoms. The quantitative estimate of drug-likeness (QED) is 0.825. The van der Waals surface area contributed by atoms with Crippen molar-refractivity contribution < 1.29 is 24.2 Å². The first kappa shape index (κ1) is 20.0. The van der Waals surface area contributed by atoms with Gasteiger partial charge in [-0.2, -0.15) is 0 Å². The van der Waals surface area contributed by atoms with Gasteiger partial charge in [0, 0.05) is 24.2 Å². The zero-order valence-corrected chi connectivity index (χ0v) is 15.8. The number of aliphatic carboxylic acids is 1. The molecule has 148 valence electrons. The Labute approximate surface area is 163 Å². The van der Waals surface area contributed by atoms with E-state index in [-0.39, 0.29) is 31.8 Å². The van der Waals surface area contributed by atoms with E-state index in [1.165, 1.54) is 11.0 Å². The largest absolute Gasteiger partial charge is 0.481 e. The van der Waals surface area contributed by atoms with Crippen molar-refractivity contribution >= 4 is 11.9 Å². The van der Waals surface area contributed by atoms with Gasteiger partial charge in [0.25, 0.3) is 5.91 Å². The highest BCUT2D eigenvalue weighted by Crippen LogP contribution is 2.37. The zero-order valence-electron chi connectivity index (χ0n) is 15.8. The van der Waals surface area contributed by atoms with E-state index >= 15 is 0 Å². The van der Waals surface area contributed by atoms with E-state index in [1.807, 2.05) is 6.92 Å². The summed E-state index contributed by atoms with van der Waals surface area (Å²) in [6.45, 7) is 2.04. The third kappa shape index (κ3) is 3.52. The first-order valence-electron chi connectivity index (χ1n) is 9.45. The van der Waals surface area contributed by atoms with E-state index in [9.17, 15) is 24.2 Å². The van der Waals surface area contributed by atoms with E-state index in [4.69, 9.17) is 0 Å².